The summed E-state index contributed by atoms with van der Waals surface area (Å²) in [6, 6.07) is 9.39. The Morgan fingerprint density at radius 1 is 1.45 bits per heavy atom. The molecule has 0 saturated heterocycles. The van der Waals surface area contributed by atoms with Gasteiger partial charge in [0.15, 0.2) is 0 Å². The first-order valence-electron chi connectivity index (χ1n) is 6.55. The smallest absolute Gasteiger partial charge is 0.239 e. The standard InChI is InChI=1S/C15H16N2O2S/c16-15(18)14(17-9-12-2-1-7-20-12)11-3-4-13-10(8-11)5-6-19-13/h1-4,7-8,14,17H,5-6,9H2,(H2,16,18). The van der Waals surface area contributed by atoms with Crippen molar-refractivity contribution >= 4 is 17.2 Å². The molecule has 0 aliphatic carbocycles. The van der Waals surface area contributed by atoms with Gasteiger partial charge in [0.25, 0.3) is 0 Å². The summed E-state index contributed by atoms with van der Waals surface area (Å²) >= 11 is 1.66. The van der Waals surface area contributed by atoms with Gasteiger partial charge in [-0.05, 0) is 34.7 Å². The molecule has 0 radical (unpaired) electrons. The summed E-state index contributed by atoms with van der Waals surface area (Å²) in [5.74, 6) is 0.552. The van der Waals surface area contributed by atoms with Crippen molar-refractivity contribution in [1.82, 2.24) is 5.32 Å². The minimum atomic E-state index is -0.469. The van der Waals surface area contributed by atoms with E-state index in [0.717, 1.165) is 23.3 Å². The molecule has 5 heteroatoms. The highest BCUT2D eigenvalue weighted by Crippen LogP contribution is 2.28. The first-order chi connectivity index (χ1) is 9.74. The molecule has 1 atom stereocenters. The molecule has 2 aromatic rings. The Labute approximate surface area is 121 Å². The highest BCUT2D eigenvalue weighted by Gasteiger charge is 2.20. The summed E-state index contributed by atoms with van der Waals surface area (Å²) in [6.45, 7) is 1.35. The molecule has 0 fully saturated rings. The van der Waals surface area contributed by atoms with E-state index in [1.807, 2.05) is 35.7 Å². The number of nitrogens with one attached hydrogen (secondary N) is 1. The molecular weight excluding hydrogens is 272 g/mol. The van der Waals surface area contributed by atoms with E-state index in [4.69, 9.17) is 10.5 Å². The van der Waals surface area contributed by atoms with Gasteiger partial charge in [0.2, 0.25) is 5.91 Å². The Kier molecular flexibility index (Phi) is 3.71. The Balaban J connectivity index is 1.78. The minimum Gasteiger partial charge on any atom is -0.493 e. The summed E-state index contributed by atoms with van der Waals surface area (Å²) < 4.78 is 5.48. The van der Waals surface area contributed by atoms with Crippen molar-refractivity contribution in [2.45, 2.75) is 19.0 Å². The molecule has 1 amide bonds. The lowest BCUT2D eigenvalue weighted by molar-refractivity contribution is -0.120. The number of amides is 1. The molecule has 104 valence electrons. The van der Waals surface area contributed by atoms with E-state index in [9.17, 15) is 4.79 Å². The zero-order valence-corrected chi connectivity index (χ0v) is 11.8. The van der Waals surface area contributed by atoms with Crippen LogP contribution in [0.1, 0.15) is 22.0 Å². The quantitative estimate of drug-likeness (QED) is 0.884. The van der Waals surface area contributed by atoms with Crippen LogP contribution in [0.25, 0.3) is 0 Å². The normalized spacial score (nSPS) is 14.6. The Morgan fingerprint density at radius 3 is 3.10 bits per heavy atom. The largest absolute Gasteiger partial charge is 0.493 e. The minimum absolute atomic E-state index is 0.361. The maximum atomic E-state index is 11.7. The van der Waals surface area contributed by atoms with Crippen LogP contribution < -0.4 is 15.8 Å². The predicted octanol–water partition coefficient (Wildman–Crippen LogP) is 2.00. The fraction of sp³-hybridized carbons (Fsp3) is 0.267. The summed E-state index contributed by atoms with van der Waals surface area (Å²) in [7, 11) is 0. The Bertz CT molecular complexity index is 610. The maximum absolute atomic E-state index is 11.7. The number of fused-ring (bicyclic) bond motifs is 1. The third-order valence-electron chi connectivity index (χ3n) is 3.39. The Morgan fingerprint density at radius 2 is 2.35 bits per heavy atom. The lowest BCUT2D eigenvalue weighted by Crippen LogP contribution is -2.33. The van der Waals surface area contributed by atoms with Crippen LogP contribution in [0.15, 0.2) is 35.7 Å². The molecule has 1 aromatic heterocycles. The molecule has 0 spiro atoms. The molecule has 2 heterocycles. The first kappa shape index (κ1) is 13.1. The molecule has 0 saturated carbocycles. The SMILES string of the molecule is NC(=O)C(NCc1cccs1)c1ccc2c(c1)CCO2. The number of primary amides is 1. The Hall–Kier alpha value is -1.85. The molecule has 1 aliphatic rings. The average molecular weight is 288 g/mol. The van der Waals surface area contributed by atoms with Gasteiger partial charge in [-0.2, -0.15) is 0 Å². The second-order valence-electron chi connectivity index (χ2n) is 4.76. The van der Waals surface area contributed by atoms with E-state index in [0.29, 0.717) is 13.2 Å². The van der Waals surface area contributed by atoms with Gasteiger partial charge in [-0.25, -0.2) is 0 Å². The molecule has 1 aromatic carbocycles. The molecule has 3 rings (SSSR count). The highest BCUT2D eigenvalue weighted by atomic mass is 32.1. The first-order valence-corrected chi connectivity index (χ1v) is 7.43. The van der Waals surface area contributed by atoms with E-state index >= 15 is 0 Å². The summed E-state index contributed by atoms with van der Waals surface area (Å²) in [4.78, 5) is 12.9. The number of benzene rings is 1. The number of nitrogens with two attached hydrogens (primary N) is 1. The zero-order chi connectivity index (χ0) is 13.9. The zero-order valence-electron chi connectivity index (χ0n) is 11.0. The van der Waals surface area contributed by atoms with Crippen LogP contribution in [0, 0.1) is 0 Å². The number of rotatable bonds is 5. The third-order valence-corrected chi connectivity index (χ3v) is 4.27. The van der Waals surface area contributed by atoms with Crippen molar-refractivity contribution in [1.29, 1.82) is 0 Å². The van der Waals surface area contributed by atoms with Crippen LogP contribution in [-0.2, 0) is 17.8 Å². The molecule has 1 aliphatic heterocycles. The van der Waals surface area contributed by atoms with E-state index in [-0.39, 0.29) is 5.91 Å². The number of hydrogen-bond acceptors (Lipinski definition) is 4. The summed E-state index contributed by atoms with van der Waals surface area (Å²) in [5.41, 5.74) is 7.57. The van der Waals surface area contributed by atoms with Gasteiger partial charge in [0.1, 0.15) is 11.8 Å². The van der Waals surface area contributed by atoms with Gasteiger partial charge < -0.3 is 10.5 Å². The topological polar surface area (TPSA) is 64.4 Å². The molecule has 0 bridgehead atoms. The number of carbonyl (C=O) groups is 1. The predicted molar refractivity (Wildman–Crippen MR) is 78.7 cm³/mol. The van der Waals surface area contributed by atoms with Crippen LogP contribution in [0.2, 0.25) is 0 Å². The lowest BCUT2D eigenvalue weighted by Gasteiger charge is -2.16. The summed E-state index contributed by atoms with van der Waals surface area (Å²) in [6.07, 6.45) is 0.888. The van der Waals surface area contributed by atoms with Crippen molar-refractivity contribution in [2.24, 2.45) is 5.73 Å². The van der Waals surface area contributed by atoms with Crippen LogP contribution in [-0.4, -0.2) is 12.5 Å². The van der Waals surface area contributed by atoms with Gasteiger partial charge in [-0.15, -0.1) is 11.3 Å². The number of thiophene rings is 1. The van der Waals surface area contributed by atoms with E-state index in [2.05, 4.69) is 5.32 Å². The van der Waals surface area contributed by atoms with Gasteiger partial charge in [-0.1, -0.05) is 12.1 Å². The second-order valence-corrected chi connectivity index (χ2v) is 5.79. The number of carbonyl (C=O) groups excluding carboxylic acids is 1. The molecule has 4 nitrogen and oxygen atoms in total. The highest BCUT2D eigenvalue weighted by molar-refractivity contribution is 7.09. The lowest BCUT2D eigenvalue weighted by atomic mass is 10.0. The van der Waals surface area contributed by atoms with Gasteiger partial charge in [0.05, 0.1) is 6.61 Å². The number of hydrogen-bond donors (Lipinski definition) is 2. The van der Waals surface area contributed by atoms with Crippen molar-refractivity contribution in [3.05, 3.63) is 51.7 Å². The van der Waals surface area contributed by atoms with E-state index in [1.165, 1.54) is 4.88 Å². The van der Waals surface area contributed by atoms with Gasteiger partial charge in [0, 0.05) is 17.8 Å². The fourth-order valence-electron chi connectivity index (χ4n) is 2.38. The van der Waals surface area contributed by atoms with Crippen molar-refractivity contribution in [3.63, 3.8) is 0 Å². The van der Waals surface area contributed by atoms with Gasteiger partial charge >= 0.3 is 0 Å². The van der Waals surface area contributed by atoms with E-state index < -0.39 is 6.04 Å². The average Bonchev–Trinajstić information content (AvgIpc) is 3.08. The van der Waals surface area contributed by atoms with Gasteiger partial charge in [-0.3, -0.25) is 10.1 Å². The molecule has 1 unspecified atom stereocenters. The maximum Gasteiger partial charge on any atom is 0.239 e. The second kappa shape index (κ2) is 5.64. The molecule has 3 N–H and O–H groups in total. The van der Waals surface area contributed by atoms with Crippen molar-refractivity contribution in [2.75, 3.05) is 6.61 Å². The van der Waals surface area contributed by atoms with Crippen molar-refractivity contribution in [3.8, 4) is 5.75 Å². The summed E-state index contributed by atoms with van der Waals surface area (Å²) in [5, 5.41) is 5.24. The number of ether oxygens (including phenoxy) is 1. The van der Waals surface area contributed by atoms with E-state index in [1.54, 1.807) is 11.3 Å². The fourth-order valence-corrected chi connectivity index (χ4v) is 3.04. The van der Waals surface area contributed by atoms with Crippen LogP contribution >= 0.6 is 11.3 Å². The van der Waals surface area contributed by atoms with Crippen LogP contribution in [0.4, 0.5) is 0 Å². The monoisotopic (exact) mass is 288 g/mol. The van der Waals surface area contributed by atoms with Crippen LogP contribution in [0.5, 0.6) is 5.75 Å². The van der Waals surface area contributed by atoms with Crippen molar-refractivity contribution < 1.29 is 9.53 Å². The van der Waals surface area contributed by atoms with Crippen LogP contribution in [0.3, 0.4) is 0 Å². The molecule has 20 heavy (non-hydrogen) atoms. The molecular formula is C15H16N2O2S. The third kappa shape index (κ3) is 2.69.